The summed E-state index contributed by atoms with van der Waals surface area (Å²) in [5, 5.41) is 3.08. The maximum absolute atomic E-state index is 12.3. The number of carbonyl (C=O) groups is 1. The Morgan fingerprint density at radius 3 is 2.63 bits per heavy atom. The molecule has 0 unspecified atom stereocenters. The molecular formula is C23H27N3O. The van der Waals surface area contributed by atoms with Crippen LogP contribution in [-0.4, -0.2) is 15.9 Å². The van der Waals surface area contributed by atoms with Crippen LogP contribution in [0.3, 0.4) is 0 Å². The molecule has 1 heterocycles. The van der Waals surface area contributed by atoms with Crippen molar-refractivity contribution in [2.75, 3.05) is 5.32 Å². The number of aromatic nitrogens is 2. The van der Waals surface area contributed by atoms with E-state index in [1.807, 2.05) is 12.1 Å². The summed E-state index contributed by atoms with van der Waals surface area (Å²) in [5.74, 6) is 1.39. The average molecular weight is 361 g/mol. The van der Waals surface area contributed by atoms with Gasteiger partial charge in [-0.15, -0.1) is 0 Å². The van der Waals surface area contributed by atoms with Crippen LogP contribution in [0.4, 0.5) is 5.69 Å². The molecule has 140 valence electrons. The van der Waals surface area contributed by atoms with Crippen LogP contribution in [0.5, 0.6) is 0 Å². The summed E-state index contributed by atoms with van der Waals surface area (Å²) in [6.07, 6.45) is 7.49. The Kier molecular flexibility index (Phi) is 5.23. The molecule has 1 amide bonds. The van der Waals surface area contributed by atoms with E-state index >= 15 is 0 Å². The zero-order valence-corrected chi connectivity index (χ0v) is 15.9. The van der Waals surface area contributed by atoms with Crippen LogP contribution in [0.1, 0.15) is 49.1 Å². The minimum Gasteiger partial charge on any atom is -0.342 e. The first-order chi connectivity index (χ1) is 13.2. The number of aryl methyl sites for hydroxylation is 3. The van der Waals surface area contributed by atoms with Crippen molar-refractivity contribution >= 4 is 22.6 Å². The van der Waals surface area contributed by atoms with Gasteiger partial charge in [0, 0.05) is 18.0 Å². The van der Waals surface area contributed by atoms with Gasteiger partial charge in [0.25, 0.3) is 0 Å². The summed E-state index contributed by atoms with van der Waals surface area (Å²) in [4.78, 5) is 20.4. The lowest BCUT2D eigenvalue weighted by Crippen LogP contribution is -2.24. The zero-order chi connectivity index (χ0) is 18.6. The van der Waals surface area contributed by atoms with Crippen molar-refractivity contribution < 1.29 is 4.79 Å². The van der Waals surface area contributed by atoms with Gasteiger partial charge in [-0.3, -0.25) is 4.79 Å². The molecule has 0 radical (unpaired) electrons. The van der Waals surface area contributed by atoms with Gasteiger partial charge >= 0.3 is 0 Å². The number of nitrogens with one attached hydrogen (secondary N) is 2. The van der Waals surface area contributed by atoms with E-state index in [4.69, 9.17) is 0 Å². The number of carbonyl (C=O) groups excluding carboxylic acids is 1. The largest absolute Gasteiger partial charge is 0.342 e. The zero-order valence-electron chi connectivity index (χ0n) is 15.9. The summed E-state index contributed by atoms with van der Waals surface area (Å²) >= 11 is 0. The lowest BCUT2D eigenvalue weighted by atomic mass is 9.88. The van der Waals surface area contributed by atoms with Gasteiger partial charge in [-0.1, -0.05) is 37.5 Å². The van der Waals surface area contributed by atoms with E-state index < -0.39 is 0 Å². The van der Waals surface area contributed by atoms with E-state index in [2.05, 4.69) is 52.5 Å². The van der Waals surface area contributed by atoms with Crippen LogP contribution in [0.15, 0.2) is 42.5 Å². The summed E-state index contributed by atoms with van der Waals surface area (Å²) in [6, 6.07) is 14.5. The summed E-state index contributed by atoms with van der Waals surface area (Å²) in [5.41, 5.74) is 5.52. The number of rotatable bonds is 5. The molecule has 3 aromatic rings. The minimum atomic E-state index is 0.181. The molecule has 2 aromatic carbocycles. The van der Waals surface area contributed by atoms with Crippen LogP contribution < -0.4 is 5.32 Å². The number of nitrogens with zero attached hydrogens (tertiary/aromatic N) is 1. The Hall–Kier alpha value is -2.62. The van der Waals surface area contributed by atoms with Gasteiger partial charge in [-0.05, 0) is 61.6 Å². The van der Waals surface area contributed by atoms with Gasteiger partial charge in [0.15, 0.2) is 0 Å². The predicted octanol–water partition coefficient (Wildman–Crippen LogP) is 5.18. The van der Waals surface area contributed by atoms with E-state index in [1.54, 1.807) is 0 Å². The molecule has 27 heavy (non-hydrogen) atoms. The minimum absolute atomic E-state index is 0.181. The number of aromatic amines is 1. The van der Waals surface area contributed by atoms with Crippen molar-refractivity contribution in [2.24, 2.45) is 5.92 Å². The highest BCUT2D eigenvalue weighted by Gasteiger charge is 2.20. The number of hydrogen-bond acceptors (Lipinski definition) is 2. The normalized spacial score (nSPS) is 15.1. The van der Waals surface area contributed by atoms with E-state index in [0.717, 1.165) is 48.2 Å². The van der Waals surface area contributed by atoms with E-state index in [9.17, 15) is 4.79 Å². The standard InChI is InChI=1S/C23H27N3O/c1-16-7-13-20-21(15-16)26-22(25-20)14-10-17-8-11-19(12-9-17)24-23(27)18-5-3-2-4-6-18/h7-9,11-13,15,18H,2-6,10,14H2,1H3,(H,24,27)(H,25,26). The van der Waals surface area contributed by atoms with E-state index in [1.165, 1.54) is 30.4 Å². The molecule has 1 aliphatic rings. The molecule has 1 aromatic heterocycles. The second-order valence-corrected chi connectivity index (χ2v) is 7.73. The first-order valence-electron chi connectivity index (χ1n) is 10.0. The Labute approximate surface area is 160 Å². The molecule has 2 N–H and O–H groups in total. The van der Waals surface area contributed by atoms with Crippen molar-refractivity contribution in [3.05, 3.63) is 59.4 Å². The fraction of sp³-hybridized carbons (Fsp3) is 0.391. The highest BCUT2D eigenvalue weighted by molar-refractivity contribution is 5.92. The Morgan fingerprint density at radius 2 is 1.85 bits per heavy atom. The smallest absolute Gasteiger partial charge is 0.227 e. The number of anilines is 1. The molecule has 0 bridgehead atoms. The highest BCUT2D eigenvalue weighted by atomic mass is 16.1. The maximum atomic E-state index is 12.3. The Bertz CT molecular complexity index is 920. The number of fused-ring (bicyclic) bond motifs is 1. The van der Waals surface area contributed by atoms with E-state index in [0.29, 0.717) is 0 Å². The fourth-order valence-electron chi connectivity index (χ4n) is 3.92. The molecule has 1 aliphatic carbocycles. The monoisotopic (exact) mass is 361 g/mol. The first-order valence-corrected chi connectivity index (χ1v) is 10.0. The Balaban J connectivity index is 1.33. The van der Waals surface area contributed by atoms with Gasteiger partial charge in [0.1, 0.15) is 5.82 Å². The molecule has 0 spiro atoms. The van der Waals surface area contributed by atoms with Gasteiger partial charge in [0.05, 0.1) is 11.0 Å². The topological polar surface area (TPSA) is 57.8 Å². The molecule has 1 fully saturated rings. The van der Waals surface area contributed by atoms with Crippen LogP contribution in [0.2, 0.25) is 0 Å². The third-order valence-corrected chi connectivity index (χ3v) is 5.53. The quantitative estimate of drug-likeness (QED) is 0.658. The third kappa shape index (κ3) is 4.38. The van der Waals surface area contributed by atoms with Crippen molar-refractivity contribution in [3.8, 4) is 0 Å². The summed E-state index contributed by atoms with van der Waals surface area (Å²) < 4.78 is 0. The van der Waals surface area contributed by atoms with Gasteiger partial charge < -0.3 is 10.3 Å². The summed E-state index contributed by atoms with van der Waals surface area (Å²) in [7, 11) is 0. The van der Waals surface area contributed by atoms with Gasteiger partial charge in [-0.2, -0.15) is 0 Å². The fourth-order valence-corrected chi connectivity index (χ4v) is 3.92. The molecule has 1 saturated carbocycles. The van der Waals surface area contributed by atoms with Crippen LogP contribution in [-0.2, 0) is 17.6 Å². The van der Waals surface area contributed by atoms with Crippen molar-refractivity contribution in [1.29, 1.82) is 0 Å². The van der Waals surface area contributed by atoms with E-state index in [-0.39, 0.29) is 11.8 Å². The average Bonchev–Trinajstić information content (AvgIpc) is 3.10. The first kappa shape index (κ1) is 17.8. The van der Waals surface area contributed by atoms with Crippen molar-refractivity contribution in [1.82, 2.24) is 9.97 Å². The molecule has 0 aliphatic heterocycles. The third-order valence-electron chi connectivity index (χ3n) is 5.53. The number of benzene rings is 2. The lowest BCUT2D eigenvalue weighted by Gasteiger charge is -2.20. The molecule has 4 heteroatoms. The van der Waals surface area contributed by atoms with Crippen molar-refractivity contribution in [3.63, 3.8) is 0 Å². The molecule has 4 rings (SSSR count). The second kappa shape index (κ2) is 7.95. The van der Waals surface area contributed by atoms with Crippen LogP contribution in [0, 0.1) is 12.8 Å². The Morgan fingerprint density at radius 1 is 1.07 bits per heavy atom. The van der Waals surface area contributed by atoms with Gasteiger partial charge in [-0.25, -0.2) is 4.98 Å². The molecule has 0 atom stereocenters. The van der Waals surface area contributed by atoms with Crippen LogP contribution >= 0.6 is 0 Å². The summed E-state index contributed by atoms with van der Waals surface area (Å²) in [6.45, 7) is 2.09. The van der Waals surface area contributed by atoms with Crippen molar-refractivity contribution in [2.45, 2.75) is 51.9 Å². The number of hydrogen-bond donors (Lipinski definition) is 2. The molecular weight excluding hydrogens is 334 g/mol. The van der Waals surface area contributed by atoms with Crippen LogP contribution in [0.25, 0.3) is 11.0 Å². The SMILES string of the molecule is Cc1ccc2nc(CCc3ccc(NC(=O)C4CCCCC4)cc3)[nH]c2c1. The van der Waals surface area contributed by atoms with Gasteiger partial charge in [0.2, 0.25) is 5.91 Å². The second-order valence-electron chi connectivity index (χ2n) is 7.73. The molecule has 0 saturated heterocycles. The maximum Gasteiger partial charge on any atom is 0.227 e. The molecule has 4 nitrogen and oxygen atoms in total. The predicted molar refractivity (Wildman–Crippen MR) is 110 cm³/mol. The lowest BCUT2D eigenvalue weighted by molar-refractivity contribution is -0.120. The number of H-pyrrole nitrogens is 1. The number of amides is 1. The number of imidazole rings is 1. The highest BCUT2D eigenvalue weighted by Crippen LogP contribution is 2.25.